The molecule has 1 fully saturated rings. The van der Waals surface area contributed by atoms with E-state index in [1.54, 1.807) is 17.8 Å². The maximum Gasteiger partial charge on any atom is 0.133 e. The minimum absolute atomic E-state index is 0.302. The molecule has 30 heavy (non-hydrogen) atoms. The molecule has 1 aliphatic rings. The predicted molar refractivity (Wildman–Crippen MR) is 125 cm³/mol. The van der Waals surface area contributed by atoms with Crippen LogP contribution < -0.4 is 10.1 Å². The Morgan fingerprint density at radius 1 is 0.800 bits per heavy atom. The van der Waals surface area contributed by atoms with E-state index in [1.165, 1.54) is 5.39 Å². The van der Waals surface area contributed by atoms with Gasteiger partial charge in [0.15, 0.2) is 0 Å². The van der Waals surface area contributed by atoms with Gasteiger partial charge in [-0.05, 0) is 65.5 Å². The van der Waals surface area contributed by atoms with E-state index in [1.807, 2.05) is 18.2 Å². The normalized spacial score (nSPS) is 14.9. The average Bonchev–Trinajstić information content (AvgIpc) is 2.81. The van der Waals surface area contributed by atoms with Crippen LogP contribution in [0.1, 0.15) is 12.8 Å². The number of aromatic hydroxyl groups is 1. The molecule has 0 unspecified atom stereocenters. The molecule has 1 saturated heterocycles. The molecule has 0 saturated carbocycles. The highest BCUT2D eigenvalue weighted by atomic mass is 32.2. The Morgan fingerprint density at radius 3 is 2.17 bits per heavy atom. The molecule has 0 spiro atoms. The van der Waals surface area contributed by atoms with Gasteiger partial charge in [0.05, 0.1) is 16.4 Å². The lowest BCUT2D eigenvalue weighted by molar-refractivity contribution is 0.212. The van der Waals surface area contributed by atoms with Crippen molar-refractivity contribution < 1.29 is 9.84 Å². The maximum absolute atomic E-state index is 10.7. The number of hydrogen-bond donors (Lipinski definition) is 2. The topological polar surface area (TPSA) is 41.5 Å². The number of fused-ring (bicyclic) bond motifs is 2. The summed E-state index contributed by atoms with van der Waals surface area (Å²) in [6.45, 7) is 2.86. The second-order valence-corrected chi connectivity index (χ2v) is 8.88. The molecule has 5 rings (SSSR count). The smallest absolute Gasteiger partial charge is 0.133 e. The zero-order chi connectivity index (χ0) is 20.3. The van der Waals surface area contributed by atoms with Crippen molar-refractivity contribution in [3.05, 3.63) is 72.8 Å². The Labute approximate surface area is 181 Å². The highest BCUT2D eigenvalue weighted by molar-refractivity contribution is 8.00. The fourth-order valence-corrected chi connectivity index (χ4v) is 5.33. The van der Waals surface area contributed by atoms with Crippen molar-refractivity contribution in [3.63, 3.8) is 0 Å². The van der Waals surface area contributed by atoms with Gasteiger partial charge in [-0.15, -0.1) is 0 Å². The third-order valence-corrected chi connectivity index (χ3v) is 7.10. The summed E-state index contributed by atoms with van der Waals surface area (Å²) in [6.07, 6.45) is 2.31. The van der Waals surface area contributed by atoms with Gasteiger partial charge in [0.25, 0.3) is 0 Å². The van der Waals surface area contributed by atoms with Crippen LogP contribution in [0, 0.1) is 5.92 Å². The number of nitrogens with one attached hydrogen (secondary N) is 1. The molecule has 3 nitrogen and oxygen atoms in total. The SMILES string of the molecule is Oc1ccc2ccccc2c1Sc1c(OCC2CCNCC2)ccc2ccccc12. The molecule has 0 bridgehead atoms. The largest absolute Gasteiger partial charge is 0.507 e. The molecule has 0 atom stereocenters. The van der Waals surface area contributed by atoms with E-state index in [4.69, 9.17) is 4.74 Å². The van der Waals surface area contributed by atoms with E-state index in [2.05, 4.69) is 53.8 Å². The lowest BCUT2D eigenvalue weighted by atomic mass is 9.99. The van der Waals surface area contributed by atoms with Crippen molar-refractivity contribution in [2.24, 2.45) is 5.92 Å². The summed E-state index contributed by atoms with van der Waals surface area (Å²) in [5.41, 5.74) is 0. The van der Waals surface area contributed by atoms with Gasteiger partial charge in [0.2, 0.25) is 0 Å². The summed E-state index contributed by atoms with van der Waals surface area (Å²) in [6, 6.07) is 24.5. The van der Waals surface area contributed by atoms with Gasteiger partial charge < -0.3 is 15.2 Å². The predicted octanol–water partition coefficient (Wildman–Crippen LogP) is 6.23. The van der Waals surface area contributed by atoms with Crippen LogP contribution in [0.2, 0.25) is 0 Å². The zero-order valence-corrected chi connectivity index (χ0v) is 17.6. The molecular formula is C26H25NO2S. The van der Waals surface area contributed by atoms with Crippen molar-refractivity contribution in [1.29, 1.82) is 0 Å². The molecule has 4 heteroatoms. The highest BCUT2D eigenvalue weighted by Crippen LogP contribution is 2.46. The molecule has 4 aromatic carbocycles. The first-order valence-corrected chi connectivity index (χ1v) is 11.3. The van der Waals surface area contributed by atoms with E-state index < -0.39 is 0 Å². The van der Waals surface area contributed by atoms with Crippen LogP contribution in [0.4, 0.5) is 0 Å². The number of hydrogen-bond acceptors (Lipinski definition) is 4. The van der Waals surface area contributed by atoms with Crippen LogP contribution in [-0.4, -0.2) is 24.8 Å². The fraction of sp³-hybridized carbons (Fsp3) is 0.231. The van der Waals surface area contributed by atoms with E-state index in [0.29, 0.717) is 11.7 Å². The maximum atomic E-state index is 10.7. The molecule has 1 aliphatic heterocycles. The van der Waals surface area contributed by atoms with E-state index in [-0.39, 0.29) is 0 Å². The molecule has 152 valence electrons. The van der Waals surface area contributed by atoms with Crippen LogP contribution >= 0.6 is 11.8 Å². The first kappa shape index (κ1) is 19.3. The second kappa shape index (κ2) is 8.58. The van der Waals surface area contributed by atoms with Crippen LogP contribution in [0.3, 0.4) is 0 Å². The van der Waals surface area contributed by atoms with Crippen LogP contribution in [0.25, 0.3) is 21.5 Å². The van der Waals surface area contributed by atoms with Crippen molar-refractivity contribution in [3.8, 4) is 11.5 Å². The van der Waals surface area contributed by atoms with Gasteiger partial charge >= 0.3 is 0 Å². The van der Waals surface area contributed by atoms with Crippen molar-refractivity contribution in [2.45, 2.75) is 22.6 Å². The van der Waals surface area contributed by atoms with Gasteiger partial charge in [-0.3, -0.25) is 0 Å². The minimum atomic E-state index is 0.302. The van der Waals surface area contributed by atoms with Gasteiger partial charge in [-0.2, -0.15) is 0 Å². The first-order chi connectivity index (χ1) is 14.8. The lowest BCUT2D eigenvalue weighted by Crippen LogP contribution is -2.30. The molecular weight excluding hydrogens is 390 g/mol. The second-order valence-electron chi connectivity index (χ2n) is 7.86. The molecule has 0 aromatic heterocycles. The Bertz CT molecular complexity index is 1180. The van der Waals surface area contributed by atoms with Crippen molar-refractivity contribution in [2.75, 3.05) is 19.7 Å². The third kappa shape index (κ3) is 3.85. The quantitative estimate of drug-likeness (QED) is 0.405. The Morgan fingerprint density at radius 2 is 1.43 bits per heavy atom. The number of ether oxygens (including phenoxy) is 1. The summed E-state index contributed by atoms with van der Waals surface area (Å²) in [5, 5.41) is 18.6. The van der Waals surface area contributed by atoms with Gasteiger partial charge in [-0.25, -0.2) is 0 Å². The van der Waals surface area contributed by atoms with Gasteiger partial charge in [0, 0.05) is 0 Å². The summed E-state index contributed by atoms with van der Waals surface area (Å²) >= 11 is 1.60. The van der Waals surface area contributed by atoms with Crippen LogP contribution in [0.5, 0.6) is 11.5 Å². The molecule has 4 aromatic rings. The zero-order valence-electron chi connectivity index (χ0n) is 16.8. The number of phenols is 1. The standard InChI is InChI=1S/C26H25NO2S/c28-23-11-9-19-5-1-3-7-21(19)25(23)30-26-22-8-4-2-6-20(22)10-12-24(26)29-17-18-13-15-27-16-14-18/h1-12,18,27-28H,13-17H2. The summed E-state index contributed by atoms with van der Waals surface area (Å²) in [4.78, 5) is 1.94. The van der Waals surface area contributed by atoms with E-state index in [9.17, 15) is 5.11 Å². The number of rotatable bonds is 5. The molecule has 1 heterocycles. The summed E-state index contributed by atoms with van der Waals surface area (Å²) < 4.78 is 6.38. The van der Waals surface area contributed by atoms with E-state index in [0.717, 1.165) is 64.2 Å². The molecule has 0 radical (unpaired) electrons. The Hall–Kier alpha value is -2.69. The molecule has 2 N–H and O–H groups in total. The Balaban J connectivity index is 1.56. The van der Waals surface area contributed by atoms with Crippen molar-refractivity contribution >= 4 is 33.3 Å². The average molecular weight is 416 g/mol. The van der Waals surface area contributed by atoms with Crippen LogP contribution in [-0.2, 0) is 0 Å². The fourth-order valence-electron chi connectivity index (χ4n) is 4.14. The summed E-state index contributed by atoms with van der Waals surface area (Å²) in [7, 11) is 0. The minimum Gasteiger partial charge on any atom is -0.507 e. The van der Waals surface area contributed by atoms with Crippen LogP contribution in [0.15, 0.2) is 82.6 Å². The monoisotopic (exact) mass is 415 g/mol. The molecule has 0 aliphatic carbocycles. The Kier molecular flexibility index (Phi) is 5.52. The highest BCUT2D eigenvalue weighted by Gasteiger charge is 2.18. The third-order valence-electron chi connectivity index (χ3n) is 5.84. The molecule has 0 amide bonds. The van der Waals surface area contributed by atoms with Gasteiger partial charge in [0.1, 0.15) is 11.5 Å². The first-order valence-electron chi connectivity index (χ1n) is 10.5. The van der Waals surface area contributed by atoms with Crippen molar-refractivity contribution in [1.82, 2.24) is 5.32 Å². The van der Waals surface area contributed by atoms with Gasteiger partial charge in [-0.1, -0.05) is 72.4 Å². The summed E-state index contributed by atoms with van der Waals surface area (Å²) in [5.74, 6) is 1.78. The number of benzene rings is 4. The number of phenolic OH excluding ortho intramolecular Hbond substituents is 1. The number of piperidine rings is 1. The van der Waals surface area contributed by atoms with E-state index >= 15 is 0 Å². The lowest BCUT2D eigenvalue weighted by Gasteiger charge is -2.23.